The van der Waals surface area contributed by atoms with Crippen LogP contribution in [0.5, 0.6) is 0 Å². The van der Waals surface area contributed by atoms with Crippen molar-refractivity contribution in [2.75, 3.05) is 19.6 Å². The lowest BCUT2D eigenvalue weighted by Gasteiger charge is -2.45. The number of nitrogens with one attached hydrogen (secondary N) is 2. The average Bonchev–Trinajstić information content (AvgIpc) is 2.53. The highest BCUT2D eigenvalue weighted by atomic mass is 32.2. The highest BCUT2D eigenvalue weighted by molar-refractivity contribution is 7.89. The molecule has 0 radical (unpaired) electrons. The number of piperidine rings is 3. The molecule has 2 bridgehead atoms. The summed E-state index contributed by atoms with van der Waals surface area (Å²) in [6.45, 7) is 2.35. The number of hydrogen-bond donors (Lipinski definition) is 2. The predicted octanol–water partition coefficient (Wildman–Crippen LogP) is 0.0305. The lowest BCUT2D eigenvalue weighted by atomic mass is 9.76. The molecule has 3 saturated heterocycles. The number of sulfonamides is 1. The molecule has 3 fully saturated rings. The van der Waals surface area contributed by atoms with Gasteiger partial charge in [-0.3, -0.25) is 0 Å². The topological polar surface area (TPSA) is 50.6 Å². The van der Waals surface area contributed by atoms with Crippen LogP contribution in [0, 0.1) is 30.0 Å². The maximum atomic E-state index is 13.2. The zero-order valence-corrected chi connectivity index (χ0v) is 13.1. The van der Waals surface area contributed by atoms with Crippen LogP contribution in [-0.2, 0) is 10.0 Å². The molecule has 3 aliphatic rings. The van der Waals surface area contributed by atoms with Crippen LogP contribution in [0.15, 0.2) is 29.2 Å². The van der Waals surface area contributed by atoms with Gasteiger partial charge in [-0.25, -0.2) is 17.5 Å². The lowest BCUT2D eigenvalue weighted by molar-refractivity contribution is -0.943. The van der Waals surface area contributed by atoms with Gasteiger partial charge in [-0.05, 0) is 24.1 Å². The van der Waals surface area contributed by atoms with Crippen molar-refractivity contribution in [3.05, 3.63) is 30.1 Å². The van der Waals surface area contributed by atoms with Gasteiger partial charge in [0.05, 0.1) is 30.4 Å². The van der Waals surface area contributed by atoms with Crippen molar-refractivity contribution in [3.8, 4) is 12.3 Å². The number of hydrogen-bond acceptors (Lipinski definition) is 2. The molecule has 0 amide bonds. The van der Waals surface area contributed by atoms with E-state index in [4.69, 9.17) is 6.42 Å². The van der Waals surface area contributed by atoms with Crippen molar-refractivity contribution < 1.29 is 17.7 Å². The van der Waals surface area contributed by atoms with Gasteiger partial charge >= 0.3 is 0 Å². The van der Waals surface area contributed by atoms with E-state index in [1.54, 1.807) is 0 Å². The fourth-order valence-electron chi connectivity index (χ4n) is 3.66. The number of rotatable bonds is 4. The largest absolute Gasteiger partial charge is 0.330 e. The van der Waals surface area contributed by atoms with E-state index < -0.39 is 15.8 Å². The second kappa shape index (κ2) is 5.99. The highest BCUT2D eigenvalue weighted by Gasteiger charge is 2.42. The third-order valence-corrected chi connectivity index (χ3v) is 6.31. The summed E-state index contributed by atoms with van der Waals surface area (Å²) in [7, 11) is -3.66. The van der Waals surface area contributed by atoms with E-state index in [2.05, 4.69) is 10.6 Å². The van der Waals surface area contributed by atoms with Gasteiger partial charge in [0.2, 0.25) is 10.0 Å². The Morgan fingerprint density at radius 3 is 2.91 bits per heavy atom. The lowest BCUT2D eigenvalue weighted by Crippen LogP contribution is -3.20. The first-order valence-electron chi connectivity index (χ1n) is 7.55. The quantitative estimate of drug-likeness (QED) is 0.768. The molecule has 3 aliphatic heterocycles. The van der Waals surface area contributed by atoms with Crippen molar-refractivity contribution in [2.24, 2.45) is 11.8 Å². The minimum Gasteiger partial charge on any atom is -0.330 e. The first-order valence-corrected chi connectivity index (χ1v) is 9.04. The molecule has 1 unspecified atom stereocenters. The highest BCUT2D eigenvalue weighted by Crippen LogP contribution is 2.26. The Bertz CT molecular complexity index is 698. The van der Waals surface area contributed by atoms with Crippen LogP contribution in [0.2, 0.25) is 0 Å². The summed E-state index contributed by atoms with van der Waals surface area (Å²) >= 11 is 0. The Hall–Kier alpha value is -1.42. The molecule has 118 valence electrons. The van der Waals surface area contributed by atoms with Crippen molar-refractivity contribution in [3.63, 3.8) is 0 Å². The maximum Gasteiger partial charge on any atom is 0.240 e. The van der Waals surface area contributed by atoms with Crippen LogP contribution < -0.4 is 9.62 Å². The predicted molar refractivity (Wildman–Crippen MR) is 81.1 cm³/mol. The minimum atomic E-state index is -3.66. The number of terminal acetylenes is 1. The molecule has 2 N–H and O–H groups in total. The Balaban J connectivity index is 1.65. The molecule has 0 aliphatic carbocycles. The molecule has 1 aromatic rings. The smallest absolute Gasteiger partial charge is 0.240 e. The summed E-state index contributed by atoms with van der Waals surface area (Å²) in [5, 5.41) is 0. The van der Waals surface area contributed by atoms with Crippen molar-refractivity contribution in [2.45, 2.75) is 23.8 Å². The maximum absolute atomic E-state index is 13.2. The van der Waals surface area contributed by atoms with Gasteiger partial charge in [-0.15, -0.1) is 6.42 Å². The van der Waals surface area contributed by atoms with E-state index in [9.17, 15) is 12.8 Å². The summed E-state index contributed by atoms with van der Waals surface area (Å²) < 4.78 is 40.3. The summed E-state index contributed by atoms with van der Waals surface area (Å²) in [5.41, 5.74) is 0. The first-order chi connectivity index (χ1) is 10.5. The van der Waals surface area contributed by atoms with E-state index >= 15 is 0 Å². The summed E-state index contributed by atoms with van der Waals surface area (Å²) in [4.78, 5) is 1.35. The van der Waals surface area contributed by atoms with E-state index in [0.29, 0.717) is 18.4 Å². The van der Waals surface area contributed by atoms with Crippen LogP contribution in [0.4, 0.5) is 4.39 Å². The van der Waals surface area contributed by atoms with Crippen LogP contribution in [0.25, 0.3) is 0 Å². The SMILES string of the molecule is C#C[C@H]1C[NH+]2CC[C@H]1C[C@@H]2CNS(=O)(=O)c1cccc(F)c1. The molecule has 0 aromatic heterocycles. The monoisotopic (exact) mass is 323 g/mol. The van der Waals surface area contributed by atoms with Gasteiger partial charge in [0.1, 0.15) is 11.9 Å². The molecule has 3 heterocycles. The fraction of sp³-hybridized carbons (Fsp3) is 0.500. The van der Waals surface area contributed by atoms with Crippen molar-refractivity contribution >= 4 is 10.0 Å². The molecule has 22 heavy (non-hydrogen) atoms. The summed E-state index contributed by atoms with van der Waals surface area (Å²) in [5.74, 6) is 3.13. The van der Waals surface area contributed by atoms with E-state index in [-0.39, 0.29) is 10.9 Å². The molecule has 1 aromatic carbocycles. The van der Waals surface area contributed by atoms with Crippen molar-refractivity contribution in [1.82, 2.24) is 4.72 Å². The van der Waals surface area contributed by atoms with E-state index in [1.165, 1.54) is 23.1 Å². The second-order valence-corrected chi connectivity index (χ2v) is 7.94. The molecule has 0 saturated carbocycles. The fourth-order valence-corrected chi connectivity index (χ4v) is 4.77. The molecule has 4 atom stereocenters. The Labute approximate surface area is 130 Å². The van der Waals surface area contributed by atoms with Crippen LogP contribution in [-0.4, -0.2) is 34.1 Å². The molecular formula is C16H20FN2O2S+. The normalized spacial score (nSPS) is 30.9. The second-order valence-electron chi connectivity index (χ2n) is 6.18. The van der Waals surface area contributed by atoms with Crippen LogP contribution in [0.3, 0.4) is 0 Å². The third-order valence-electron chi connectivity index (χ3n) is 4.89. The summed E-state index contributed by atoms with van der Waals surface area (Å²) in [6, 6.07) is 5.33. The standard InChI is InChI=1S/C16H19FN2O2S/c1-2-12-11-19-7-6-13(12)8-15(19)10-18-22(20,21)16-5-3-4-14(17)9-16/h1,3-5,9,12-13,15,18H,6-8,10-11H2/p+1/t12-,13-,15+/m0/s1. The van der Waals surface area contributed by atoms with Gasteiger partial charge in [0.15, 0.2) is 0 Å². The molecular weight excluding hydrogens is 303 g/mol. The van der Waals surface area contributed by atoms with Gasteiger partial charge in [0, 0.05) is 12.8 Å². The van der Waals surface area contributed by atoms with E-state index in [0.717, 1.165) is 32.0 Å². The van der Waals surface area contributed by atoms with Crippen molar-refractivity contribution in [1.29, 1.82) is 0 Å². The number of quaternary nitrogens is 1. The number of fused-ring (bicyclic) bond motifs is 3. The summed E-state index contributed by atoms with van der Waals surface area (Å²) in [6.07, 6.45) is 7.63. The zero-order chi connectivity index (χ0) is 15.7. The minimum absolute atomic E-state index is 0.0278. The van der Waals surface area contributed by atoms with Crippen LogP contribution >= 0.6 is 0 Å². The zero-order valence-electron chi connectivity index (χ0n) is 12.3. The van der Waals surface area contributed by atoms with E-state index in [1.807, 2.05) is 0 Å². The molecule has 0 spiro atoms. The van der Waals surface area contributed by atoms with Gasteiger partial charge in [-0.1, -0.05) is 12.0 Å². The van der Waals surface area contributed by atoms with Crippen LogP contribution in [0.1, 0.15) is 12.8 Å². The Morgan fingerprint density at radius 1 is 1.45 bits per heavy atom. The van der Waals surface area contributed by atoms with Gasteiger partial charge in [0.25, 0.3) is 0 Å². The molecule has 6 heteroatoms. The average molecular weight is 323 g/mol. The number of benzene rings is 1. The molecule has 4 rings (SSSR count). The third kappa shape index (κ3) is 3.02. The molecule has 4 nitrogen and oxygen atoms in total. The number of halogens is 1. The Kier molecular flexibility index (Phi) is 4.22. The Morgan fingerprint density at radius 2 is 2.27 bits per heavy atom. The van der Waals surface area contributed by atoms with Gasteiger partial charge < -0.3 is 4.90 Å². The first kappa shape index (κ1) is 15.5. The van der Waals surface area contributed by atoms with Gasteiger partial charge in [-0.2, -0.15) is 0 Å².